The molecule has 1 heterocycles. The molecule has 0 aliphatic carbocycles. The van der Waals surface area contributed by atoms with Crippen LogP contribution in [-0.4, -0.2) is 12.1 Å². The molecule has 0 atom stereocenters. The van der Waals surface area contributed by atoms with Gasteiger partial charge in [0.25, 0.3) is 0 Å². The third kappa shape index (κ3) is 2.29. The van der Waals surface area contributed by atoms with Crippen LogP contribution in [0.5, 0.6) is 5.75 Å². The van der Waals surface area contributed by atoms with E-state index in [1.807, 2.05) is 18.3 Å². The molecule has 0 bridgehead atoms. The zero-order valence-corrected chi connectivity index (χ0v) is 12.1. The third-order valence-electron chi connectivity index (χ3n) is 2.75. The van der Waals surface area contributed by atoms with Gasteiger partial charge in [-0.25, -0.2) is 0 Å². The molecule has 0 unspecified atom stereocenters. The molecular formula is C14H16BrNO. The summed E-state index contributed by atoms with van der Waals surface area (Å²) in [5.74, 6) is 0.844. The van der Waals surface area contributed by atoms with E-state index in [1.54, 1.807) is 7.11 Å². The minimum atomic E-state index is 0.0261. The van der Waals surface area contributed by atoms with E-state index in [9.17, 15) is 0 Å². The number of fused-ring (bicyclic) bond motifs is 1. The lowest BCUT2D eigenvalue weighted by molar-refractivity contribution is 0.412. The molecular weight excluding hydrogens is 278 g/mol. The number of aromatic nitrogens is 1. The predicted molar refractivity (Wildman–Crippen MR) is 74.7 cm³/mol. The molecule has 0 amide bonds. The first-order valence-corrected chi connectivity index (χ1v) is 6.35. The Kier molecular flexibility index (Phi) is 3.13. The molecule has 0 saturated heterocycles. The number of hydrogen-bond donors (Lipinski definition) is 0. The highest BCUT2D eigenvalue weighted by atomic mass is 79.9. The number of halogens is 1. The number of ether oxygens (including phenoxy) is 1. The number of methoxy groups -OCH3 is 1. The second kappa shape index (κ2) is 4.30. The summed E-state index contributed by atoms with van der Waals surface area (Å²) < 4.78 is 6.32. The maximum absolute atomic E-state index is 5.35. The number of rotatable bonds is 1. The summed E-state index contributed by atoms with van der Waals surface area (Å²) in [6, 6.07) is 6.15. The molecule has 1 aromatic carbocycles. The zero-order chi connectivity index (χ0) is 12.6. The highest BCUT2D eigenvalue weighted by molar-refractivity contribution is 9.10. The lowest BCUT2D eigenvalue weighted by atomic mass is 9.88. The highest BCUT2D eigenvalue weighted by Crippen LogP contribution is 2.34. The highest BCUT2D eigenvalue weighted by Gasteiger charge is 2.19. The van der Waals surface area contributed by atoms with Crippen molar-refractivity contribution < 1.29 is 4.74 Å². The van der Waals surface area contributed by atoms with Gasteiger partial charge in [-0.1, -0.05) is 20.8 Å². The van der Waals surface area contributed by atoms with E-state index in [2.05, 4.69) is 47.8 Å². The molecule has 17 heavy (non-hydrogen) atoms. The topological polar surface area (TPSA) is 22.1 Å². The molecule has 90 valence electrons. The van der Waals surface area contributed by atoms with E-state index in [-0.39, 0.29) is 5.41 Å². The largest absolute Gasteiger partial charge is 0.496 e. The Morgan fingerprint density at radius 1 is 1.24 bits per heavy atom. The lowest BCUT2D eigenvalue weighted by Crippen LogP contribution is -2.13. The Bertz CT molecular complexity index is 558. The van der Waals surface area contributed by atoms with Crippen LogP contribution in [0.4, 0.5) is 0 Å². The van der Waals surface area contributed by atoms with Crippen molar-refractivity contribution in [1.82, 2.24) is 4.98 Å². The second-order valence-electron chi connectivity index (χ2n) is 5.12. The zero-order valence-electron chi connectivity index (χ0n) is 10.5. The molecule has 2 aromatic rings. The molecule has 0 aliphatic heterocycles. The standard InChI is InChI=1S/C14H16BrNO/c1-14(2,3)13-10-8-12(17-4)11(15)7-9(10)5-6-16-13/h5-8H,1-4H3. The van der Waals surface area contributed by atoms with Crippen LogP contribution in [0.15, 0.2) is 28.9 Å². The van der Waals surface area contributed by atoms with Gasteiger partial charge in [-0.3, -0.25) is 4.98 Å². The molecule has 2 nitrogen and oxygen atoms in total. The van der Waals surface area contributed by atoms with Crippen molar-refractivity contribution in [3.05, 3.63) is 34.6 Å². The van der Waals surface area contributed by atoms with Gasteiger partial charge in [0.15, 0.2) is 0 Å². The first-order chi connectivity index (χ1) is 7.93. The third-order valence-corrected chi connectivity index (χ3v) is 3.37. The summed E-state index contributed by atoms with van der Waals surface area (Å²) in [4.78, 5) is 4.51. The van der Waals surface area contributed by atoms with E-state index in [0.29, 0.717) is 0 Å². The Hall–Kier alpha value is -1.09. The average molecular weight is 294 g/mol. The van der Waals surface area contributed by atoms with Gasteiger partial charge in [0.2, 0.25) is 0 Å². The van der Waals surface area contributed by atoms with E-state index >= 15 is 0 Å². The second-order valence-corrected chi connectivity index (χ2v) is 5.97. The Labute approximate surface area is 110 Å². The smallest absolute Gasteiger partial charge is 0.133 e. The van der Waals surface area contributed by atoms with Crippen molar-refractivity contribution in [2.45, 2.75) is 26.2 Å². The molecule has 3 heteroatoms. The first kappa shape index (κ1) is 12.4. The maximum Gasteiger partial charge on any atom is 0.133 e. The van der Waals surface area contributed by atoms with Crippen LogP contribution in [0, 0.1) is 0 Å². The van der Waals surface area contributed by atoms with Gasteiger partial charge in [-0.2, -0.15) is 0 Å². The van der Waals surface area contributed by atoms with Crippen molar-refractivity contribution in [3.63, 3.8) is 0 Å². The van der Waals surface area contributed by atoms with Crippen LogP contribution < -0.4 is 4.74 Å². The molecule has 0 fully saturated rings. The normalized spacial score (nSPS) is 11.8. The van der Waals surface area contributed by atoms with E-state index in [4.69, 9.17) is 4.74 Å². The summed E-state index contributed by atoms with van der Waals surface area (Å²) in [6.07, 6.45) is 1.86. The van der Waals surface area contributed by atoms with Gasteiger partial charge >= 0.3 is 0 Å². The average Bonchev–Trinajstić information content (AvgIpc) is 2.25. The fourth-order valence-corrected chi connectivity index (χ4v) is 2.45. The maximum atomic E-state index is 5.35. The van der Waals surface area contributed by atoms with Crippen molar-refractivity contribution >= 4 is 26.7 Å². The summed E-state index contributed by atoms with van der Waals surface area (Å²) in [6.45, 7) is 6.51. The van der Waals surface area contributed by atoms with Crippen LogP contribution in [0.2, 0.25) is 0 Å². The Balaban J connectivity index is 2.79. The van der Waals surface area contributed by atoms with Crippen LogP contribution in [0.1, 0.15) is 26.5 Å². The SMILES string of the molecule is COc1cc2c(C(C)(C)C)nccc2cc1Br. The Morgan fingerprint density at radius 2 is 1.94 bits per heavy atom. The van der Waals surface area contributed by atoms with Crippen LogP contribution in [0.3, 0.4) is 0 Å². The summed E-state index contributed by atoms with van der Waals surface area (Å²) >= 11 is 3.51. The Morgan fingerprint density at radius 3 is 2.53 bits per heavy atom. The molecule has 0 spiro atoms. The van der Waals surface area contributed by atoms with E-state index < -0.39 is 0 Å². The summed E-state index contributed by atoms with van der Waals surface area (Å²) in [5.41, 5.74) is 1.12. The first-order valence-electron chi connectivity index (χ1n) is 5.56. The van der Waals surface area contributed by atoms with Gasteiger partial charge in [-0.15, -0.1) is 0 Å². The van der Waals surface area contributed by atoms with Crippen LogP contribution in [0.25, 0.3) is 10.8 Å². The molecule has 0 aliphatic rings. The van der Waals surface area contributed by atoms with Gasteiger partial charge in [0, 0.05) is 17.0 Å². The van der Waals surface area contributed by atoms with Gasteiger partial charge in [0.1, 0.15) is 5.75 Å². The van der Waals surface area contributed by atoms with Gasteiger partial charge < -0.3 is 4.74 Å². The van der Waals surface area contributed by atoms with Crippen molar-refractivity contribution in [1.29, 1.82) is 0 Å². The quantitative estimate of drug-likeness (QED) is 0.782. The number of benzene rings is 1. The fourth-order valence-electron chi connectivity index (χ4n) is 1.93. The molecule has 2 rings (SSSR count). The van der Waals surface area contributed by atoms with Crippen LogP contribution in [-0.2, 0) is 5.41 Å². The minimum absolute atomic E-state index is 0.0261. The van der Waals surface area contributed by atoms with Crippen molar-refractivity contribution in [3.8, 4) is 5.75 Å². The van der Waals surface area contributed by atoms with Gasteiger partial charge in [0.05, 0.1) is 17.3 Å². The van der Waals surface area contributed by atoms with Gasteiger partial charge in [-0.05, 0) is 39.5 Å². The molecule has 0 saturated carbocycles. The summed E-state index contributed by atoms with van der Waals surface area (Å²) in [5, 5.41) is 2.33. The number of pyridine rings is 1. The van der Waals surface area contributed by atoms with E-state index in [0.717, 1.165) is 21.3 Å². The molecule has 0 radical (unpaired) electrons. The monoisotopic (exact) mass is 293 g/mol. The van der Waals surface area contributed by atoms with Crippen molar-refractivity contribution in [2.75, 3.05) is 7.11 Å². The minimum Gasteiger partial charge on any atom is -0.496 e. The lowest BCUT2D eigenvalue weighted by Gasteiger charge is -2.20. The van der Waals surface area contributed by atoms with E-state index in [1.165, 1.54) is 5.39 Å². The fraction of sp³-hybridized carbons (Fsp3) is 0.357. The number of nitrogens with zero attached hydrogens (tertiary/aromatic N) is 1. The van der Waals surface area contributed by atoms with Crippen molar-refractivity contribution in [2.24, 2.45) is 0 Å². The van der Waals surface area contributed by atoms with Crippen LogP contribution >= 0.6 is 15.9 Å². The number of hydrogen-bond acceptors (Lipinski definition) is 2. The predicted octanol–water partition coefficient (Wildman–Crippen LogP) is 4.30. The molecule has 0 N–H and O–H groups in total. The molecule has 1 aromatic heterocycles. The summed E-state index contributed by atoms with van der Waals surface area (Å²) in [7, 11) is 1.68.